The summed E-state index contributed by atoms with van der Waals surface area (Å²) in [5.74, 6) is 2.80. The fraction of sp³-hybridized carbons (Fsp3) is 0.217. The number of fused-ring (bicyclic) bond motifs is 1. The highest BCUT2D eigenvalue weighted by molar-refractivity contribution is 6.31. The molecular formula is C23H21ClN4O. The maximum absolute atomic E-state index is 6.24. The second-order valence-corrected chi connectivity index (χ2v) is 7.79. The van der Waals surface area contributed by atoms with E-state index >= 15 is 0 Å². The zero-order valence-corrected chi connectivity index (χ0v) is 16.6. The van der Waals surface area contributed by atoms with Crippen molar-refractivity contribution in [2.45, 2.75) is 31.8 Å². The van der Waals surface area contributed by atoms with Gasteiger partial charge in [0.25, 0.3) is 0 Å². The van der Waals surface area contributed by atoms with E-state index in [4.69, 9.17) is 27.1 Å². The van der Waals surface area contributed by atoms with Crippen LogP contribution in [0.4, 0.5) is 5.82 Å². The first-order chi connectivity index (χ1) is 14.2. The molecule has 29 heavy (non-hydrogen) atoms. The normalized spacial score (nSPS) is 14.1. The average Bonchev–Trinajstić information content (AvgIpc) is 3.07. The first-order valence-corrected chi connectivity index (χ1v) is 10.2. The number of benzene rings is 2. The summed E-state index contributed by atoms with van der Waals surface area (Å²) in [6, 6.07) is 15.6. The molecule has 2 N–H and O–H groups in total. The topological polar surface area (TPSA) is 65.4 Å². The minimum absolute atomic E-state index is 0.407. The van der Waals surface area contributed by atoms with Gasteiger partial charge in [-0.25, -0.2) is 9.97 Å². The fourth-order valence-electron chi connectivity index (χ4n) is 3.75. The molecule has 1 aliphatic carbocycles. The molecule has 0 unspecified atom stereocenters. The van der Waals surface area contributed by atoms with Crippen molar-refractivity contribution < 1.29 is 4.74 Å². The molecule has 2 heterocycles. The number of nitrogens with two attached hydrogens (primary N) is 1. The average molecular weight is 405 g/mol. The lowest BCUT2D eigenvalue weighted by molar-refractivity contribution is 0.306. The Hall–Kier alpha value is -3.05. The molecule has 146 valence electrons. The predicted octanol–water partition coefficient (Wildman–Crippen LogP) is 5.48. The molecule has 1 fully saturated rings. The van der Waals surface area contributed by atoms with Crippen molar-refractivity contribution in [3.8, 4) is 17.0 Å². The first kappa shape index (κ1) is 18.0. The molecule has 0 bridgehead atoms. The lowest BCUT2D eigenvalue weighted by Gasteiger charge is -2.23. The number of imidazole rings is 1. The Morgan fingerprint density at radius 1 is 1.14 bits per heavy atom. The fourth-order valence-corrected chi connectivity index (χ4v) is 3.94. The molecule has 1 aliphatic rings. The van der Waals surface area contributed by atoms with Crippen LogP contribution in [0, 0.1) is 0 Å². The summed E-state index contributed by atoms with van der Waals surface area (Å²) in [5, 5.41) is 0.702. The predicted molar refractivity (Wildman–Crippen MR) is 115 cm³/mol. The van der Waals surface area contributed by atoms with Gasteiger partial charge in [0.05, 0.1) is 0 Å². The summed E-state index contributed by atoms with van der Waals surface area (Å²) >= 11 is 6.24. The molecule has 0 spiro atoms. The van der Waals surface area contributed by atoms with Crippen molar-refractivity contribution in [2.24, 2.45) is 0 Å². The lowest BCUT2D eigenvalue weighted by atomic mass is 9.85. The van der Waals surface area contributed by atoms with Crippen LogP contribution < -0.4 is 10.5 Å². The Balaban J connectivity index is 1.51. The molecule has 0 aliphatic heterocycles. The molecule has 2 aromatic carbocycles. The second-order valence-electron chi connectivity index (χ2n) is 7.39. The Labute approximate surface area is 174 Å². The molecule has 5 nitrogen and oxygen atoms in total. The minimum Gasteiger partial charge on any atom is -0.489 e. The van der Waals surface area contributed by atoms with E-state index in [1.165, 1.54) is 19.3 Å². The third kappa shape index (κ3) is 3.32. The zero-order valence-electron chi connectivity index (χ0n) is 15.9. The monoisotopic (exact) mass is 404 g/mol. The smallest absolute Gasteiger partial charge is 0.150 e. The van der Waals surface area contributed by atoms with Crippen LogP contribution in [0.1, 0.15) is 36.6 Å². The highest BCUT2D eigenvalue weighted by Gasteiger charge is 2.26. The molecule has 0 atom stereocenters. The molecule has 2 aromatic heterocycles. The van der Waals surface area contributed by atoms with Crippen molar-refractivity contribution in [3.63, 3.8) is 0 Å². The summed E-state index contributed by atoms with van der Waals surface area (Å²) in [6.07, 6.45) is 7.27. The number of nitrogen functional groups attached to an aromatic ring is 1. The highest BCUT2D eigenvalue weighted by Crippen LogP contribution is 2.39. The number of aromatic nitrogens is 3. The van der Waals surface area contributed by atoms with Gasteiger partial charge in [-0.3, -0.25) is 4.40 Å². The van der Waals surface area contributed by atoms with Gasteiger partial charge >= 0.3 is 0 Å². The van der Waals surface area contributed by atoms with Gasteiger partial charge in [-0.1, -0.05) is 48.4 Å². The van der Waals surface area contributed by atoms with Crippen LogP contribution in [-0.2, 0) is 6.61 Å². The van der Waals surface area contributed by atoms with Crippen LogP contribution in [-0.4, -0.2) is 14.4 Å². The van der Waals surface area contributed by atoms with Crippen molar-refractivity contribution in [1.29, 1.82) is 0 Å². The number of hydrogen-bond acceptors (Lipinski definition) is 4. The molecule has 0 amide bonds. The number of halogens is 1. The quantitative estimate of drug-likeness (QED) is 0.478. The van der Waals surface area contributed by atoms with Gasteiger partial charge in [0.1, 0.15) is 35.2 Å². The summed E-state index contributed by atoms with van der Waals surface area (Å²) < 4.78 is 8.09. The van der Waals surface area contributed by atoms with E-state index in [-0.39, 0.29) is 0 Å². The number of rotatable bonds is 5. The lowest BCUT2D eigenvalue weighted by Crippen LogP contribution is -2.12. The summed E-state index contributed by atoms with van der Waals surface area (Å²) in [4.78, 5) is 9.27. The van der Waals surface area contributed by atoms with Crippen molar-refractivity contribution in [3.05, 3.63) is 77.3 Å². The molecule has 1 saturated carbocycles. The van der Waals surface area contributed by atoms with Gasteiger partial charge in [0.15, 0.2) is 0 Å². The third-order valence-corrected chi connectivity index (χ3v) is 5.91. The van der Waals surface area contributed by atoms with Crippen LogP contribution >= 0.6 is 11.6 Å². The van der Waals surface area contributed by atoms with Crippen molar-refractivity contribution in [1.82, 2.24) is 14.4 Å². The largest absolute Gasteiger partial charge is 0.489 e. The van der Waals surface area contributed by atoms with E-state index in [1.807, 2.05) is 54.7 Å². The molecule has 0 saturated heterocycles. The number of nitrogens with zero attached hydrogens (tertiary/aromatic N) is 3. The molecule has 4 aromatic rings. The molecule has 5 rings (SSSR count). The SMILES string of the molecule is Nc1nccn2c(C3CCC3)nc(-c3cccc(OCc4ccccc4Cl)c3)c12. The molecule has 6 heteroatoms. The highest BCUT2D eigenvalue weighted by atomic mass is 35.5. The van der Waals surface area contributed by atoms with Crippen LogP contribution in [0.2, 0.25) is 5.02 Å². The maximum atomic E-state index is 6.24. The van der Waals surface area contributed by atoms with Gasteiger partial charge < -0.3 is 10.5 Å². The van der Waals surface area contributed by atoms with Crippen molar-refractivity contribution >= 4 is 22.9 Å². The number of ether oxygens (including phenoxy) is 1. The van der Waals surface area contributed by atoms with E-state index in [2.05, 4.69) is 9.38 Å². The summed E-state index contributed by atoms with van der Waals surface area (Å²) in [7, 11) is 0. The molecular weight excluding hydrogens is 384 g/mol. The Kier molecular flexibility index (Phi) is 4.60. The van der Waals surface area contributed by atoms with Crippen LogP contribution in [0.25, 0.3) is 16.8 Å². The van der Waals surface area contributed by atoms with Gasteiger partial charge in [0.2, 0.25) is 0 Å². The van der Waals surface area contributed by atoms with Crippen LogP contribution in [0.15, 0.2) is 60.9 Å². The maximum Gasteiger partial charge on any atom is 0.150 e. The number of hydrogen-bond donors (Lipinski definition) is 1. The van der Waals surface area contributed by atoms with Crippen LogP contribution in [0.3, 0.4) is 0 Å². The first-order valence-electron chi connectivity index (χ1n) is 9.80. The Morgan fingerprint density at radius 2 is 2.00 bits per heavy atom. The van der Waals surface area contributed by atoms with E-state index in [9.17, 15) is 0 Å². The summed E-state index contributed by atoms with van der Waals surface area (Å²) in [5.41, 5.74) is 9.86. The van der Waals surface area contributed by atoms with E-state index in [1.54, 1.807) is 6.20 Å². The van der Waals surface area contributed by atoms with Gasteiger partial charge in [-0.05, 0) is 31.0 Å². The Morgan fingerprint density at radius 3 is 2.79 bits per heavy atom. The van der Waals surface area contributed by atoms with Gasteiger partial charge in [-0.2, -0.15) is 0 Å². The number of anilines is 1. The van der Waals surface area contributed by atoms with E-state index in [0.29, 0.717) is 23.4 Å². The van der Waals surface area contributed by atoms with E-state index < -0.39 is 0 Å². The molecule has 0 radical (unpaired) electrons. The van der Waals surface area contributed by atoms with E-state index in [0.717, 1.165) is 33.9 Å². The second kappa shape index (κ2) is 7.41. The third-order valence-electron chi connectivity index (χ3n) is 5.54. The van der Waals surface area contributed by atoms with Gasteiger partial charge in [0, 0.05) is 34.5 Å². The van der Waals surface area contributed by atoms with Crippen LogP contribution in [0.5, 0.6) is 5.75 Å². The zero-order chi connectivity index (χ0) is 19.8. The Bertz CT molecular complexity index is 1180. The van der Waals surface area contributed by atoms with Crippen molar-refractivity contribution in [2.75, 3.05) is 5.73 Å². The van der Waals surface area contributed by atoms with Gasteiger partial charge in [-0.15, -0.1) is 0 Å². The standard InChI is InChI=1S/C23H21ClN4O/c24-19-10-2-1-5-17(19)14-29-18-9-4-8-16(13-18)20-21-22(25)26-11-12-28(21)23(27-20)15-6-3-7-15/h1-2,4-5,8-13,15H,3,6-7,14H2,(H2,25,26). The summed E-state index contributed by atoms with van der Waals surface area (Å²) in [6.45, 7) is 0.407. The minimum atomic E-state index is 0.407.